The quantitative estimate of drug-likeness (QED) is 0.498. The summed E-state index contributed by atoms with van der Waals surface area (Å²) in [5.74, 6) is 0.544. The van der Waals surface area contributed by atoms with Gasteiger partial charge in [0.05, 0.1) is 7.11 Å². The monoisotopic (exact) mass is 163 g/mol. The Labute approximate surface area is 70.7 Å². The van der Waals surface area contributed by atoms with Gasteiger partial charge >= 0.3 is 0 Å². The van der Waals surface area contributed by atoms with E-state index < -0.39 is 0 Å². The Morgan fingerprint density at radius 1 is 1.58 bits per heavy atom. The average molecular weight is 163 g/mol. The highest BCUT2D eigenvalue weighted by Crippen LogP contribution is 2.09. The Hall–Kier alpha value is -1.64. The summed E-state index contributed by atoms with van der Waals surface area (Å²) in [5.41, 5.74) is 0.897. The van der Waals surface area contributed by atoms with Gasteiger partial charge in [-0.05, 0) is 17.7 Å². The van der Waals surface area contributed by atoms with E-state index in [0.29, 0.717) is 5.88 Å². The molecule has 0 radical (unpaired) electrons. The van der Waals surface area contributed by atoms with Crippen LogP contribution in [0.15, 0.2) is 24.4 Å². The molecule has 0 aliphatic rings. The van der Waals surface area contributed by atoms with Crippen molar-refractivity contribution in [1.82, 2.24) is 4.98 Å². The molecule has 3 nitrogen and oxygen atoms in total. The molecule has 0 spiro atoms. The predicted octanol–water partition coefficient (Wildman–Crippen LogP) is 1.30. The van der Waals surface area contributed by atoms with Gasteiger partial charge in [-0.15, -0.1) is 0 Å². The summed E-state index contributed by atoms with van der Waals surface area (Å²) < 4.78 is 4.90. The fourth-order valence-electron chi connectivity index (χ4n) is 0.790. The van der Waals surface area contributed by atoms with Gasteiger partial charge in [0.15, 0.2) is 0 Å². The Kier molecular flexibility index (Phi) is 3.02. The summed E-state index contributed by atoms with van der Waals surface area (Å²) in [6, 6.07) is 3.54. The second kappa shape index (κ2) is 4.28. The molecule has 0 saturated heterocycles. The van der Waals surface area contributed by atoms with Gasteiger partial charge in [-0.2, -0.15) is 0 Å². The van der Waals surface area contributed by atoms with E-state index in [1.54, 1.807) is 31.5 Å². The van der Waals surface area contributed by atoms with E-state index in [2.05, 4.69) is 4.98 Å². The second-order valence-corrected chi connectivity index (χ2v) is 2.13. The van der Waals surface area contributed by atoms with Crippen molar-refractivity contribution in [2.24, 2.45) is 0 Å². The first-order chi connectivity index (χ1) is 5.86. The van der Waals surface area contributed by atoms with Gasteiger partial charge in [-0.25, -0.2) is 4.98 Å². The Bertz CT molecular complexity index is 294. The van der Waals surface area contributed by atoms with Crippen molar-refractivity contribution in [2.75, 3.05) is 7.11 Å². The lowest BCUT2D eigenvalue weighted by Crippen LogP contribution is -1.86. The van der Waals surface area contributed by atoms with Crippen molar-refractivity contribution in [3.63, 3.8) is 0 Å². The van der Waals surface area contributed by atoms with Gasteiger partial charge in [0.1, 0.15) is 6.29 Å². The lowest BCUT2D eigenvalue weighted by atomic mass is 10.2. The largest absolute Gasteiger partial charge is 0.481 e. The minimum atomic E-state index is 0.544. The SMILES string of the molecule is COc1cc(/C=C/C=O)ccn1. The highest BCUT2D eigenvalue weighted by atomic mass is 16.5. The van der Waals surface area contributed by atoms with Crippen LogP contribution in [0.25, 0.3) is 6.08 Å². The molecule has 0 amide bonds. The molecule has 0 bridgehead atoms. The van der Waals surface area contributed by atoms with Crippen LogP contribution >= 0.6 is 0 Å². The second-order valence-electron chi connectivity index (χ2n) is 2.13. The molecule has 0 unspecified atom stereocenters. The molecular weight excluding hydrogens is 154 g/mol. The number of rotatable bonds is 3. The number of allylic oxidation sites excluding steroid dienone is 1. The fraction of sp³-hybridized carbons (Fsp3) is 0.111. The molecule has 3 heteroatoms. The highest BCUT2D eigenvalue weighted by Gasteiger charge is 1.91. The van der Waals surface area contributed by atoms with Crippen LogP contribution in [-0.2, 0) is 4.79 Å². The van der Waals surface area contributed by atoms with Gasteiger partial charge in [0, 0.05) is 12.3 Å². The van der Waals surface area contributed by atoms with Crippen LogP contribution in [0.3, 0.4) is 0 Å². The molecule has 62 valence electrons. The van der Waals surface area contributed by atoms with Gasteiger partial charge in [-0.1, -0.05) is 6.08 Å². The number of hydrogen-bond donors (Lipinski definition) is 0. The Morgan fingerprint density at radius 3 is 3.08 bits per heavy atom. The first-order valence-electron chi connectivity index (χ1n) is 3.48. The molecule has 1 heterocycles. The van der Waals surface area contributed by atoms with Crippen LogP contribution in [0, 0.1) is 0 Å². The topological polar surface area (TPSA) is 39.2 Å². The van der Waals surface area contributed by atoms with Crippen LogP contribution in [-0.4, -0.2) is 18.4 Å². The standard InChI is InChI=1S/C9H9NO2/c1-12-9-7-8(3-2-6-11)4-5-10-9/h2-7H,1H3/b3-2+. The first kappa shape index (κ1) is 8.46. The van der Waals surface area contributed by atoms with E-state index in [9.17, 15) is 4.79 Å². The van der Waals surface area contributed by atoms with E-state index in [1.807, 2.05) is 0 Å². The normalized spacial score (nSPS) is 10.1. The number of carbonyl (C=O) groups excluding carboxylic acids is 1. The minimum absolute atomic E-state index is 0.544. The molecule has 0 aliphatic carbocycles. The number of aldehydes is 1. The maximum atomic E-state index is 10.00. The van der Waals surface area contributed by atoms with Crippen molar-refractivity contribution >= 4 is 12.4 Å². The van der Waals surface area contributed by atoms with E-state index in [-0.39, 0.29) is 0 Å². The number of carbonyl (C=O) groups is 1. The highest BCUT2D eigenvalue weighted by molar-refractivity contribution is 5.73. The number of aromatic nitrogens is 1. The van der Waals surface area contributed by atoms with Crippen molar-refractivity contribution < 1.29 is 9.53 Å². The third-order valence-corrected chi connectivity index (χ3v) is 1.34. The number of methoxy groups -OCH3 is 1. The maximum absolute atomic E-state index is 10.00. The summed E-state index contributed by atoms with van der Waals surface area (Å²) in [6.07, 6.45) is 5.47. The van der Waals surface area contributed by atoms with Gasteiger partial charge in [0.25, 0.3) is 0 Å². The van der Waals surface area contributed by atoms with Crippen molar-refractivity contribution in [2.45, 2.75) is 0 Å². The Morgan fingerprint density at radius 2 is 2.42 bits per heavy atom. The van der Waals surface area contributed by atoms with Crippen LogP contribution < -0.4 is 4.74 Å². The third-order valence-electron chi connectivity index (χ3n) is 1.34. The van der Waals surface area contributed by atoms with Gasteiger partial charge in [-0.3, -0.25) is 4.79 Å². The van der Waals surface area contributed by atoms with Gasteiger partial charge in [0.2, 0.25) is 5.88 Å². The van der Waals surface area contributed by atoms with E-state index >= 15 is 0 Å². The molecule has 0 N–H and O–H groups in total. The number of nitrogens with zero attached hydrogens (tertiary/aromatic N) is 1. The fourth-order valence-corrected chi connectivity index (χ4v) is 0.790. The summed E-state index contributed by atoms with van der Waals surface area (Å²) >= 11 is 0. The van der Waals surface area contributed by atoms with E-state index in [0.717, 1.165) is 11.8 Å². The molecule has 12 heavy (non-hydrogen) atoms. The van der Waals surface area contributed by atoms with Crippen LogP contribution in [0.5, 0.6) is 5.88 Å². The van der Waals surface area contributed by atoms with Gasteiger partial charge < -0.3 is 4.74 Å². The first-order valence-corrected chi connectivity index (χ1v) is 3.48. The minimum Gasteiger partial charge on any atom is -0.481 e. The molecule has 0 saturated carbocycles. The summed E-state index contributed by atoms with van der Waals surface area (Å²) in [6.45, 7) is 0. The molecule has 1 aromatic heterocycles. The van der Waals surface area contributed by atoms with E-state index in [1.165, 1.54) is 6.08 Å². The summed E-state index contributed by atoms with van der Waals surface area (Å²) in [5, 5.41) is 0. The zero-order valence-electron chi connectivity index (χ0n) is 6.73. The average Bonchev–Trinajstić information content (AvgIpc) is 2.15. The number of ether oxygens (including phenoxy) is 1. The summed E-state index contributed by atoms with van der Waals surface area (Å²) in [4.78, 5) is 13.9. The molecule has 0 atom stereocenters. The number of hydrogen-bond acceptors (Lipinski definition) is 3. The van der Waals surface area contributed by atoms with E-state index in [4.69, 9.17) is 4.74 Å². The lowest BCUT2D eigenvalue weighted by molar-refractivity contribution is -0.104. The number of pyridine rings is 1. The van der Waals surface area contributed by atoms with Crippen molar-refractivity contribution in [1.29, 1.82) is 0 Å². The molecule has 1 aromatic rings. The lowest BCUT2D eigenvalue weighted by Gasteiger charge is -1.97. The van der Waals surface area contributed by atoms with Crippen LogP contribution in [0.4, 0.5) is 0 Å². The molecule has 1 rings (SSSR count). The van der Waals surface area contributed by atoms with Crippen molar-refractivity contribution in [3.05, 3.63) is 30.0 Å². The zero-order chi connectivity index (χ0) is 8.81. The van der Waals surface area contributed by atoms with Crippen LogP contribution in [0.1, 0.15) is 5.56 Å². The molecule has 0 aromatic carbocycles. The van der Waals surface area contributed by atoms with Crippen LogP contribution in [0.2, 0.25) is 0 Å². The smallest absolute Gasteiger partial charge is 0.213 e. The summed E-state index contributed by atoms with van der Waals surface area (Å²) in [7, 11) is 1.55. The maximum Gasteiger partial charge on any atom is 0.213 e. The predicted molar refractivity (Wildman–Crippen MR) is 45.9 cm³/mol. The molecule has 0 fully saturated rings. The molecular formula is C9H9NO2. The molecule has 0 aliphatic heterocycles. The Balaban J connectivity index is 2.86. The third kappa shape index (κ3) is 2.20. The van der Waals surface area contributed by atoms with Crippen molar-refractivity contribution in [3.8, 4) is 5.88 Å². The zero-order valence-corrected chi connectivity index (χ0v) is 6.73.